The number of aliphatic carboxylic acids is 1. The van der Waals surface area contributed by atoms with Gasteiger partial charge < -0.3 is 20.5 Å². The number of anilines is 1. The molecule has 1 rings (SSSR count). The summed E-state index contributed by atoms with van der Waals surface area (Å²) in [5.74, 6) is -0.965. The van der Waals surface area contributed by atoms with Gasteiger partial charge in [0.05, 0.1) is 12.5 Å². The van der Waals surface area contributed by atoms with Crippen molar-refractivity contribution >= 4 is 17.7 Å². The SMILES string of the molecule is COC(CNC(=O)Nc1ccc(C)cc1)CC(=O)O. The molecule has 0 fully saturated rings. The predicted molar refractivity (Wildman–Crippen MR) is 71.3 cm³/mol. The summed E-state index contributed by atoms with van der Waals surface area (Å²) in [6.45, 7) is 2.10. The first kappa shape index (κ1) is 15.0. The van der Waals surface area contributed by atoms with E-state index in [1.165, 1.54) is 7.11 Å². The molecule has 0 saturated carbocycles. The van der Waals surface area contributed by atoms with E-state index in [2.05, 4.69) is 10.6 Å². The van der Waals surface area contributed by atoms with Crippen LogP contribution >= 0.6 is 0 Å². The summed E-state index contributed by atoms with van der Waals surface area (Å²) >= 11 is 0. The number of amides is 2. The molecule has 0 bridgehead atoms. The molecule has 0 radical (unpaired) electrons. The van der Waals surface area contributed by atoms with Crippen molar-refractivity contribution in [3.63, 3.8) is 0 Å². The Morgan fingerprint density at radius 1 is 1.32 bits per heavy atom. The zero-order valence-electron chi connectivity index (χ0n) is 11.0. The molecule has 0 aliphatic carbocycles. The van der Waals surface area contributed by atoms with E-state index >= 15 is 0 Å². The summed E-state index contributed by atoms with van der Waals surface area (Å²) in [4.78, 5) is 22.1. The zero-order valence-corrected chi connectivity index (χ0v) is 11.0. The number of ether oxygens (including phenoxy) is 1. The number of hydrogen-bond acceptors (Lipinski definition) is 3. The first-order valence-electron chi connectivity index (χ1n) is 5.87. The fraction of sp³-hybridized carbons (Fsp3) is 0.385. The number of carbonyl (C=O) groups excluding carboxylic acids is 1. The van der Waals surface area contributed by atoms with E-state index in [1.54, 1.807) is 12.1 Å². The normalized spacial score (nSPS) is 11.7. The molecule has 1 atom stereocenters. The second-order valence-electron chi connectivity index (χ2n) is 4.16. The van der Waals surface area contributed by atoms with E-state index in [0.29, 0.717) is 5.69 Å². The summed E-state index contributed by atoms with van der Waals surface area (Å²) in [5.41, 5.74) is 1.78. The molecule has 1 aromatic carbocycles. The molecule has 0 aliphatic rings. The second-order valence-corrected chi connectivity index (χ2v) is 4.16. The van der Waals surface area contributed by atoms with Gasteiger partial charge in [0.25, 0.3) is 0 Å². The number of urea groups is 1. The Labute approximate surface area is 111 Å². The number of rotatable bonds is 6. The van der Waals surface area contributed by atoms with E-state index in [9.17, 15) is 9.59 Å². The minimum atomic E-state index is -0.965. The third kappa shape index (κ3) is 5.87. The van der Waals surface area contributed by atoms with Crippen molar-refractivity contribution < 1.29 is 19.4 Å². The van der Waals surface area contributed by atoms with Gasteiger partial charge in [-0.15, -0.1) is 0 Å². The van der Waals surface area contributed by atoms with Crippen molar-refractivity contribution in [2.45, 2.75) is 19.4 Å². The van der Waals surface area contributed by atoms with E-state index in [-0.39, 0.29) is 13.0 Å². The second kappa shape index (κ2) is 7.38. The molecule has 3 N–H and O–H groups in total. The van der Waals surface area contributed by atoms with Crippen molar-refractivity contribution in [2.75, 3.05) is 19.0 Å². The average Bonchev–Trinajstić information content (AvgIpc) is 2.37. The maximum absolute atomic E-state index is 11.6. The lowest BCUT2D eigenvalue weighted by atomic mass is 10.2. The number of benzene rings is 1. The topological polar surface area (TPSA) is 87.7 Å². The van der Waals surface area contributed by atoms with Crippen LogP contribution in [0.1, 0.15) is 12.0 Å². The number of carboxylic acid groups (broad SMARTS) is 1. The molecular formula is C13H18N2O4. The fourth-order valence-electron chi connectivity index (χ4n) is 1.45. The van der Waals surface area contributed by atoms with Crippen LogP contribution in [0.5, 0.6) is 0 Å². The number of aryl methyl sites for hydroxylation is 1. The predicted octanol–water partition coefficient (Wildman–Crippen LogP) is 1.61. The number of carbonyl (C=O) groups is 2. The van der Waals surface area contributed by atoms with Crippen molar-refractivity contribution in [3.8, 4) is 0 Å². The van der Waals surface area contributed by atoms with Crippen LogP contribution in [-0.2, 0) is 9.53 Å². The molecule has 1 unspecified atom stereocenters. The minimum Gasteiger partial charge on any atom is -0.481 e. The van der Waals surface area contributed by atoms with Crippen molar-refractivity contribution in [1.82, 2.24) is 5.32 Å². The maximum Gasteiger partial charge on any atom is 0.319 e. The van der Waals surface area contributed by atoms with Gasteiger partial charge in [0.1, 0.15) is 0 Å². The largest absolute Gasteiger partial charge is 0.481 e. The number of carboxylic acids is 1. The van der Waals surface area contributed by atoms with Crippen LogP contribution in [0.15, 0.2) is 24.3 Å². The van der Waals surface area contributed by atoms with Gasteiger partial charge in [-0.2, -0.15) is 0 Å². The van der Waals surface area contributed by atoms with Gasteiger partial charge in [-0.25, -0.2) is 4.79 Å². The first-order valence-corrected chi connectivity index (χ1v) is 5.87. The van der Waals surface area contributed by atoms with Crippen LogP contribution in [0.3, 0.4) is 0 Å². The smallest absolute Gasteiger partial charge is 0.319 e. The van der Waals surface area contributed by atoms with Gasteiger partial charge in [0.15, 0.2) is 0 Å². The zero-order chi connectivity index (χ0) is 14.3. The molecule has 0 heterocycles. The lowest BCUT2D eigenvalue weighted by molar-refractivity contribution is -0.139. The Morgan fingerprint density at radius 2 is 1.95 bits per heavy atom. The lowest BCUT2D eigenvalue weighted by Crippen LogP contribution is -2.37. The summed E-state index contributed by atoms with van der Waals surface area (Å²) < 4.78 is 4.95. The molecular weight excluding hydrogens is 248 g/mol. The van der Waals surface area contributed by atoms with Crippen LogP contribution in [0.2, 0.25) is 0 Å². The Kier molecular flexibility index (Phi) is 5.81. The van der Waals surface area contributed by atoms with Gasteiger partial charge in [0, 0.05) is 19.3 Å². The van der Waals surface area contributed by atoms with E-state index in [0.717, 1.165) is 5.56 Å². The quantitative estimate of drug-likeness (QED) is 0.730. The van der Waals surface area contributed by atoms with Gasteiger partial charge in [-0.1, -0.05) is 17.7 Å². The van der Waals surface area contributed by atoms with Gasteiger partial charge >= 0.3 is 12.0 Å². The molecule has 0 aliphatic heterocycles. The first-order chi connectivity index (χ1) is 9.01. The average molecular weight is 266 g/mol. The molecule has 6 heteroatoms. The van der Waals surface area contributed by atoms with Crippen LogP contribution in [0.4, 0.5) is 10.5 Å². The Bertz CT molecular complexity index is 431. The third-order valence-electron chi connectivity index (χ3n) is 2.54. The number of methoxy groups -OCH3 is 1. The highest BCUT2D eigenvalue weighted by molar-refractivity contribution is 5.89. The Hall–Kier alpha value is -2.08. The molecule has 2 amide bonds. The standard InChI is InChI=1S/C13H18N2O4/c1-9-3-5-10(6-4-9)15-13(18)14-8-11(19-2)7-12(16)17/h3-6,11H,7-8H2,1-2H3,(H,16,17)(H2,14,15,18). The highest BCUT2D eigenvalue weighted by atomic mass is 16.5. The Balaban J connectivity index is 2.38. The molecule has 0 aromatic heterocycles. The fourth-order valence-corrected chi connectivity index (χ4v) is 1.45. The van der Waals surface area contributed by atoms with E-state index < -0.39 is 18.1 Å². The summed E-state index contributed by atoms with van der Waals surface area (Å²) in [7, 11) is 1.41. The maximum atomic E-state index is 11.6. The molecule has 19 heavy (non-hydrogen) atoms. The van der Waals surface area contributed by atoms with Crippen LogP contribution in [-0.4, -0.2) is 36.9 Å². The summed E-state index contributed by atoms with van der Waals surface area (Å²) in [6.07, 6.45) is -0.692. The summed E-state index contributed by atoms with van der Waals surface area (Å²) in [5, 5.41) is 13.8. The molecule has 1 aromatic rings. The van der Waals surface area contributed by atoms with Crippen LogP contribution in [0.25, 0.3) is 0 Å². The molecule has 0 saturated heterocycles. The highest BCUT2D eigenvalue weighted by Gasteiger charge is 2.13. The molecule has 6 nitrogen and oxygen atoms in total. The van der Waals surface area contributed by atoms with Crippen molar-refractivity contribution in [2.24, 2.45) is 0 Å². The number of nitrogens with one attached hydrogen (secondary N) is 2. The van der Waals surface area contributed by atoms with E-state index in [4.69, 9.17) is 9.84 Å². The molecule has 104 valence electrons. The van der Waals surface area contributed by atoms with Crippen molar-refractivity contribution in [3.05, 3.63) is 29.8 Å². The van der Waals surface area contributed by atoms with Gasteiger partial charge in [-0.05, 0) is 19.1 Å². The lowest BCUT2D eigenvalue weighted by Gasteiger charge is -2.14. The van der Waals surface area contributed by atoms with E-state index in [1.807, 2.05) is 19.1 Å². The highest BCUT2D eigenvalue weighted by Crippen LogP contribution is 2.08. The summed E-state index contributed by atoms with van der Waals surface area (Å²) in [6, 6.07) is 6.96. The van der Waals surface area contributed by atoms with Crippen molar-refractivity contribution in [1.29, 1.82) is 0 Å². The monoisotopic (exact) mass is 266 g/mol. The minimum absolute atomic E-state index is 0.139. The third-order valence-corrected chi connectivity index (χ3v) is 2.54. The van der Waals surface area contributed by atoms with Gasteiger partial charge in [-0.3, -0.25) is 4.79 Å². The molecule has 0 spiro atoms. The van der Waals surface area contributed by atoms with Crippen LogP contribution < -0.4 is 10.6 Å². The van der Waals surface area contributed by atoms with Crippen LogP contribution in [0, 0.1) is 6.92 Å². The Morgan fingerprint density at radius 3 is 2.47 bits per heavy atom. The van der Waals surface area contributed by atoms with Gasteiger partial charge in [0.2, 0.25) is 0 Å². The number of hydrogen-bond donors (Lipinski definition) is 3.